The molecule has 0 amide bonds. The lowest BCUT2D eigenvalue weighted by atomic mass is 10.1. The number of benzene rings is 3. The predicted octanol–water partition coefficient (Wildman–Crippen LogP) is 7.68. The lowest BCUT2D eigenvalue weighted by Gasteiger charge is -2.18. The zero-order valence-corrected chi connectivity index (χ0v) is 21.2. The Balaban J connectivity index is 2.19. The van der Waals surface area contributed by atoms with Gasteiger partial charge in [-0.2, -0.15) is 0 Å². The highest BCUT2D eigenvalue weighted by Crippen LogP contribution is 2.50. The molecule has 0 spiro atoms. The fourth-order valence-electron chi connectivity index (χ4n) is 3.68. The number of halogens is 4. The van der Waals surface area contributed by atoms with Gasteiger partial charge in [0.1, 0.15) is 11.6 Å². The molecule has 0 atom stereocenters. The summed E-state index contributed by atoms with van der Waals surface area (Å²) in [6.45, 7) is 3.48. The largest absolute Gasteiger partial charge is 0.381 e. The van der Waals surface area contributed by atoms with Crippen LogP contribution in [0.2, 0.25) is 10.0 Å². The Labute approximate surface area is 211 Å². The highest BCUT2D eigenvalue weighted by Gasteiger charge is 2.37. The number of rotatable bonds is 8. The summed E-state index contributed by atoms with van der Waals surface area (Å²) < 4.78 is 56.2. The smallest absolute Gasteiger partial charge is 0.304 e. The van der Waals surface area contributed by atoms with Crippen molar-refractivity contribution in [3.8, 4) is 28.3 Å². The Morgan fingerprint density at radius 3 is 2.20 bits per heavy atom. The highest BCUT2D eigenvalue weighted by atomic mass is 35.5. The van der Waals surface area contributed by atoms with Gasteiger partial charge in [-0.25, -0.2) is 13.8 Å². The molecule has 4 aromatic rings. The molecule has 3 aromatic carbocycles. The van der Waals surface area contributed by atoms with Crippen molar-refractivity contribution in [3.63, 3.8) is 0 Å². The molecule has 0 unspecified atom stereocenters. The summed E-state index contributed by atoms with van der Waals surface area (Å²) in [6.07, 6.45) is 0. The van der Waals surface area contributed by atoms with E-state index in [-0.39, 0.29) is 45.9 Å². The van der Waals surface area contributed by atoms with E-state index in [0.717, 1.165) is 0 Å². The van der Waals surface area contributed by atoms with Gasteiger partial charge in [-0.1, -0.05) is 59.6 Å². The first-order valence-corrected chi connectivity index (χ1v) is 13.1. The Morgan fingerprint density at radius 2 is 1.57 bits per heavy atom. The van der Waals surface area contributed by atoms with Crippen LogP contribution in [0.25, 0.3) is 28.3 Å². The van der Waals surface area contributed by atoms with Crippen LogP contribution >= 0.6 is 30.8 Å². The van der Waals surface area contributed by atoms with Gasteiger partial charge >= 0.3 is 7.60 Å². The van der Waals surface area contributed by atoms with Crippen molar-refractivity contribution < 1.29 is 22.4 Å². The molecule has 0 bridgehead atoms. The van der Waals surface area contributed by atoms with Gasteiger partial charge < -0.3 is 9.05 Å². The Kier molecular flexibility index (Phi) is 7.74. The van der Waals surface area contributed by atoms with Crippen molar-refractivity contribution in [1.29, 1.82) is 0 Å². The summed E-state index contributed by atoms with van der Waals surface area (Å²) in [4.78, 5) is 4.67. The fourth-order valence-corrected chi connectivity index (χ4v) is 5.74. The van der Waals surface area contributed by atoms with Crippen LogP contribution in [0.1, 0.15) is 13.8 Å². The molecule has 0 aliphatic rings. The quantitative estimate of drug-likeness (QED) is 0.217. The zero-order chi connectivity index (χ0) is 25.2. The summed E-state index contributed by atoms with van der Waals surface area (Å²) in [6, 6.07) is 17.4. The van der Waals surface area contributed by atoms with Crippen molar-refractivity contribution in [3.05, 3.63) is 88.4 Å². The van der Waals surface area contributed by atoms with E-state index in [1.807, 2.05) is 6.07 Å². The van der Waals surface area contributed by atoms with Gasteiger partial charge in [0.2, 0.25) is 0 Å². The Morgan fingerprint density at radius 1 is 0.886 bits per heavy atom. The fraction of sp³-hybridized carbons (Fsp3) is 0.160. The average molecular weight is 537 g/mol. The minimum Gasteiger partial charge on any atom is -0.304 e. The molecular weight excluding hydrogens is 516 g/mol. The first kappa shape index (κ1) is 25.5. The molecule has 182 valence electrons. The summed E-state index contributed by atoms with van der Waals surface area (Å²) in [7, 11) is -4.00. The molecule has 0 aliphatic carbocycles. The van der Waals surface area contributed by atoms with Gasteiger partial charge in [-0.05, 0) is 44.2 Å². The van der Waals surface area contributed by atoms with Crippen molar-refractivity contribution in [2.24, 2.45) is 0 Å². The van der Waals surface area contributed by atoms with Crippen LogP contribution in [0.15, 0.2) is 66.7 Å². The van der Waals surface area contributed by atoms with E-state index in [4.69, 9.17) is 32.2 Å². The van der Waals surface area contributed by atoms with Gasteiger partial charge in [0.25, 0.3) is 0 Å². The van der Waals surface area contributed by atoms with Crippen molar-refractivity contribution >= 4 is 36.2 Å². The molecule has 0 saturated carbocycles. The van der Waals surface area contributed by atoms with Crippen LogP contribution in [0.5, 0.6) is 0 Å². The lowest BCUT2D eigenvalue weighted by molar-refractivity contribution is 0.229. The average Bonchev–Trinajstić information content (AvgIpc) is 3.25. The molecule has 4 rings (SSSR count). The summed E-state index contributed by atoms with van der Waals surface area (Å²) in [5, 5.41) is -0.283. The molecule has 1 aromatic heterocycles. The number of imidazole rings is 1. The third kappa shape index (κ3) is 4.92. The van der Waals surface area contributed by atoms with Crippen molar-refractivity contribution in [1.82, 2.24) is 9.55 Å². The van der Waals surface area contributed by atoms with Gasteiger partial charge in [-0.15, -0.1) is 0 Å². The van der Waals surface area contributed by atoms with E-state index in [0.29, 0.717) is 11.1 Å². The minimum atomic E-state index is -4.00. The molecule has 0 saturated heterocycles. The second-order valence-electron chi connectivity index (χ2n) is 7.34. The van der Waals surface area contributed by atoms with E-state index in [1.165, 1.54) is 34.9 Å². The molecular formula is C25H21Cl2F2N2O3P. The van der Waals surface area contributed by atoms with E-state index >= 15 is 4.39 Å². The van der Waals surface area contributed by atoms with Crippen LogP contribution < -0.4 is 5.44 Å². The third-order valence-corrected chi connectivity index (χ3v) is 7.72. The van der Waals surface area contributed by atoms with E-state index < -0.39 is 19.2 Å². The summed E-state index contributed by atoms with van der Waals surface area (Å²) in [5.74, 6) is -1.10. The first-order valence-electron chi connectivity index (χ1n) is 10.8. The number of hydrogen-bond donors (Lipinski definition) is 0. The topological polar surface area (TPSA) is 53.4 Å². The minimum absolute atomic E-state index is 0.0464. The van der Waals surface area contributed by atoms with E-state index in [9.17, 15) is 8.96 Å². The van der Waals surface area contributed by atoms with Gasteiger partial charge in [0.05, 0.1) is 34.6 Å². The Bertz CT molecular complexity index is 1400. The van der Waals surface area contributed by atoms with E-state index in [1.54, 1.807) is 44.2 Å². The van der Waals surface area contributed by atoms with Gasteiger partial charge in [-0.3, -0.25) is 9.13 Å². The predicted molar refractivity (Wildman–Crippen MR) is 135 cm³/mol. The maximum Gasteiger partial charge on any atom is 0.381 e. The van der Waals surface area contributed by atoms with Crippen LogP contribution in [0.4, 0.5) is 8.78 Å². The van der Waals surface area contributed by atoms with E-state index in [2.05, 4.69) is 4.98 Å². The summed E-state index contributed by atoms with van der Waals surface area (Å²) in [5.41, 5.74) is 1.11. The zero-order valence-electron chi connectivity index (χ0n) is 18.8. The summed E-state index contributed by atoms with van der Waals surface area (Å²) >= 11 is 12.2. The van der Waals surface area contributed by atoms with Gasteiger partial charge in [0, 0.05) is 11.1 Å². The maximum atomic E-state index is 15.4. The number of hydrogen-bond acceptors (Lipinski definition) is 4. The molecule has 0 radical (unpaired) electrons. The second kappa shape index (κ2) is 10.6. The van der Waals surface area contributed by atoms with Crippen LogP contribution in [-0.4, -0.2) is 22.8 Å². The molecule has 0 fully saturated rings. The van der Waals surface area contributed by atoms with Crippen LogP contribution in [-0.2, 0) is 13.6 Å². The third-order valence-electron chi connectivity index (χ3n) is 5.11. The molecule has 35 heavy (non-hydrogen) atoms. The normalized spacial score (nSPS) is 11.7. The maximum absolute atomic E-state index is 15.4. The molecule has 0 aliphatic heterocycles. The monoisotopic (exact) mass is 536 g/mol. The molecule has 5 nitrogen and oxygen atoms in total. The number of nitrogens with zero attached hydrogens (tertiary/aromatic N) is 2. The molecule has 10 heteroatoms. The standard InChI is InChI=1S/C25H21Cl2F2N2O3P/c1-3-33-35(32,34-4-2)25-23(17-13-14-20(28)19(27)15-17)31(21-12-8-11-18(26)22(21)29)24(30-25)16-9-6-5-7-10-16/h5-15H,3-4H2,1-2H3. The van der Waals surface area contributed by atoms with Crippen LogP contribution in [0, 0.1) is 11.6 Å². The number of aromatic nitrogens is 2. The molecule has 0 N–H and O–H groups in total. The SMILES string of the molecule is CCOP(=O)(OCC)c1nc(-c2ccccc2)n(-c2cccc(Cl)c2F)c1-c1ccc(F)c(Cl)c1. The van der Waals surface area contributed by atoms with Crippen molar-refractivity contribution in [2.45, 2.75) is 13.8 Å². The Hall–Kier alpha value is -2.54. The van der Waals surface area contributed by atoms with Gasteiger partial charge in [0.15, 0.2) is 11.3 Å². The van der Waals surface area contributed by atoms with Crippen molar-refractivity contribution in [2.75, 3.05) is 13.2 Å². The molecule has 1 heterocycles. The lowest BCUT2D eigenvalue weighted by Crippen LogP contribution is -2.15. The second-order valence-corrected chi connectivity index (χ2v) is 10.1. The van der Waals surface area contributed by atoms with Crippen LogP contribution in [0.3, 0.4) is 0 Å². The highest BCUT2D eigenvalue weighted by molar-refractivity contribution is 7.62. The first-order chi connectivity index (χ1) is 16.8.